The van der Waals surface area contributed by atoms with Crippen LogP contribution in [0.1, 0.15) is 30.0 Å². The zero-order valence-corrected chi connectivity index (χ0v) is 12.7. The number of benzene rings is 2. The molecule has 2 aromatic rings. The third kappa shape index (κ3) is 2.52. The second-order valence-electron chi connectivity index (χ2n) is 5.85. The molecule has 0 heterocycles. The highest BCUT2D eigenvalue weighted by molar-refractivity contribution is 5.93. The molecule has 0 fully saturated rings. The molecule has 2 heteroatoms. The Hall–Kier alpha value is -2.48. The van der Waals surface area contributed by atoms with Gasteiger partial charge in [0.25, 0.3) is 0 Å². The van der Waals surface area contributed by atoms with Crippen molar-refractivity contribution in [2.45, 2.75) is 19.8 Å². The molecule has 112 valence electrons. The molecule has 2 nitrogen and oxygen atoms in total. The fourth-order valence-electron chi connectivity index (χ4n) is 3.43. The molecule has 1 atom stereocenters. The van der Waals surface area contributed by atoms with E-state index in [-0.39, 0.29) is 5.75 Å². The van der Waals surface area contributed by atoms with Crippen LogP contribution in [0.25, 0.3) is 11.1 Å². The number of fused-ring (bicyclic) bond motifs is 1. The van der Waals surface area contributed by atoms with E-state index in [0.717, 1.165) is 18.4 Å². The maximum atomic E-state index is 9.74. The Bertz CT molecular complexity index is 739. The Morgan fingerprint density at radius 2 is 1.77 bits per heavy atom. The largest absolute Gasteiger partial charge is 0.508 e. The lowest BCUT2D eigenvalue weighted by molar-refractivity contribution is 0.473. The van der Waals surface area contributed by atoms with Crippen molar-refractivity contribution in [3.05, 3.63) is 71.8 Å². The van der Waals surface area contributed by atoms with Gasteiger partial charge in [0.2, 0.25) is 0 Å². The first kappa shape index (κ1) is 14.5. The summed E-state index contributed by atoms with van der Waals surface area (Å²) < 4.78 is 0. The molecule has 0 aliphatic heterocycles. The second-order valence-corrected chi connectivity index (χ2v) is 5.85. The third-order valence-corrected chi connectivity index (χ3v) is 4.40. The Kier molecular flexibility index (Phi) is 3.76. The smallest absolute Gasteiger partial charge is 0.115 e. The van der Waals surface area contributed by atoms with Gasteiger partial charge in [-0.15, -0.1) is 6.58 Å². The van der Waals surface area contributed by atoms with Crippen LogP contribution in [0.4, 0.5) is 0 Å². The SMILES string of the molecule is C=CCC1Cc2cc(O)ccc2C(C)=C1c1ccc(O)cc1. The van der Waals surface area contributed by atoms with Gasteiger partial charge in [-0.05, 0) is 77.8 Å². The zero-order valence-electron chi connectivity index (χ0n) is 12.7. The predicted octanol–water partition coefficient (Wildman–Crippen LogP) is 4.78. The lowest BCUT2D eigenvalue weighted by Gasteiger charge is -2.29. The molecule has 0 bridgehead atoms. The van der Waals surface area contributed by atoms with Crippen LogP contribution in [0, 0.1) is 5.92 Å². The van der Waals surface area contributed by atoms with E-state index in [2.05, 4.69) is 13.5 Å². The van der Waals surface area contributed by atoms with Gasteiger partial charge in [0.15, 0.2) is 0 Å². The van der Waals surface area contributed by atoms with Crippen molar-refractivity contribution in [3.63, 3.8) is 0 Å². The number of phenols is 2. The molecular weight excluding hydrogens is 272 g/mol. The normalized spacial score (nSPS) is 17.2. The van der Waals surface area contributed by atoms with Crippen LogP contribution in [0.5, 0.6) is 11.5 Å². The number of hydrogen-bond donors (Lipinski definition) is 2. The summed E-state index contributed by atoms with van der Waals surface area (Å²) >= 11 is 0. The number of hydrogen-bond acceptors (Lipinski definition) is 2. The van der Waals surface area contributed by atoms with Crippen molar-refractivity contribution >= 4 is 11.1 Å². The summed E-state index contributed by atoms with van der Waals surface area (Å²) in [5, 5.41) is 19.3. The highest BCUT2D eigenvalue weighted by Crippen LogP contribution is 2.42. The number of aromatic hydroxyl groups is 2. The van der Waals surface area contributed by atoms with Crippen molar-refractivity contribution in [1.29, 1.82) is 0 Å². The highest BCUT2D eigenvalue weighted by Gasteiger charge is 2.25. The van der Waals surface area contributed by atoms with Crippen LogP contribution in [0.2, 0.25) is 0 Å². The van der Waals surface area contributed by atoms with Crippen LogP contribution in [0.15, 0.2) is 55.1 Å². The van der Waals surface area contributed by atoms with Gasteiger partial charge in [-0.1, -0.05) is 24.3 Å². The molecule has 1 aliphatic rings. The van der Waals surface area contributed by atoms with Crippen molar-refractivity contribution in [1.82, 2.24) is 0 Å². The summed E-state index contributed by atoms with van der Waals surface area (Å²) in [6.45, 7) is 6.02. The van der Waals surface area contributed by atoms with Crippen LogP contribution in [0.3, 0.4) is 0 Å². The van der Waals surface area contributed by atoms with Crippen LogP contribution >= 0.6 is 0 Å². The first-order valence-electron chi connectivity index (χ1n) is 7.53. The topological polar surface area (TPSA) is 40.5 Å². The predicted molar refractivity (Wildman–Crippen MR) is 90.7 cm³/mol. The molecule has 0 saturated heterocycles. The van der Waals surface area contributed by atoms with Crippen molar-refractivity contribution < 1.29 is 10.2 Å². The van der Waals surface area contributed by atoms with Gasteiger partial charge in [0, 0.05) is 0 Å². The molecule has 0 aromatic heterocycles. The highest BCUT2D eigenvalue weighted by atomic mass is 16.3. The summed E-state index contributed by atoms with van der Waals surface area (Å²) in [5.74, 6) is 0.941. The molecule has 22 heavy (non-hydrogen) atoms. The lowest BCUT2D eigenvalue weighted by Crippen LogP contribution is -2.14. The maximum absolute atomic E-state index is 9.74. The van der Waals surface area contributed by atoms with E-state index in [1.807, 2.05) is 30.3 Å². The second kappa shape index (κ2) is 5.72. The molecule has 0 spiro atoms. The zero-order chi connectivity index (χ0) is 15.7. The Balaban J connectivity index is 2.17. The average molecular weight is 292 g/mol. The minimum Gasteiger partial charge on any atom is -0.508 e. The Morgan fingerprint density at radius 1 is 1.09 bits per heavy atom. The quantitative estimate of drug-likeness (QED) is 0.799. The van der Waals surface area contributed by atoms with Gasteiger partial charge < -0.3 is 10.2 Å². The van der Waals surface area contributed by atoms with Gasteiger partial charge >= 0.3 is 0 Å². The summed E-state index contributed by atoms with van der Waals surface area (Å²) in [5.41, 5.74) is 6.06. The molecule has 3 rings (SSSR count). The van der Waals surface area contributed by atoms with E-state index in [9.17, 15) is 10.2 Å². The van der Waals surface area contributed by atoms with Crippen molar-refractivity contribution in [3.8, 4) is 11.5 Å². The molecular formula is C20H20O2. The van der Waals surface area contributed by atoms with Gasteiger partial charge in [0.1, 0.15) is 11.5 Å². The molecule has 0 amide bonds. The molecule has 2 N–H and O–H groups in total. The summed E-state index contributed by atoms with van der Waals surface area (Å²) in [6, 6.07) is 13.0. The maximum Gasteiger partial charge on any atom is 0.115 e. The molecule has 1 aliphatic carbocycles. The van der Waals surface area contributed by atoms with Gasteiger partial charge in [-0.3, -0.25) is 0 Å². The van der Waals surface area contributed by atoms with Gasteiger partial charge in [-0.25, -0.2) is 0 Å². The van der Waals surface area contributed by atoms with Gasteiger partial charge in [-0.2, -0.15) is 0 Å². The Morgan fingerprint density at radius 3 is 2.45 bits per heavy atom. The molecule has 0 saturated carbocycles. The monoisotopic (exact) mass is 292 g/mol. The fourth-order valence-corrected chi connectivity index (χ4v) is 3.43. The van der Waals surface area contributed by atoms with Crippen molar-refractivity contribution in [2.24, 2.45) is 5.92 Å². The number of rotatable bonds is 3. The van der Waals surface area contributed by atoms with Crippen LogP contribution in [-0.2, 0) is 6.42 Å². The van der Waals surface area contributed by atoms with E-state index in [1.54, 1.807) is 18.2 Å². The standard InChI is InChI=1S/C20H20O2/c1-3-4-15-11-16-12-18(22)9-10-19(16)13(2)20(15)14-5-7-17(21)8-6-14/h3,5-10,12,15,21-22H,1,4,11H2,2H3. The summed E-state index contributed by atoms with van der Waals surface area (Å²) in [6.07, 6.45) is 3.73. The van der Waals surface area contributed by atoms with E-state index in [4.69, 9.17) is 0 Å². The average Bonchev–Trinajstić information content (AvgIpc) is 2.49. The molecule has 1 unspecified atom stereocenters. The van der Waals surface area contributed by atoms with E-state index in [0.29, 0.717) is 11.7 Å². The molecule has 0 radical (unpaired) electrons. The van der Waals surface area contributed by atoms with Crippen LogP contribution in [-0.4, -0.2) is 10.2 Å². The van der Waals surface area contributed by atoms with E-state index < -0.39 is 0 Å². The summed E-state index contributed by atoms with van der Waals surface area (Å²) in [7, 11) is 0. The fraction of sp³-hybridized carbons (Fsp3) is 0.200. The first-order chi connectivity index (χ1) is 10.6. The Labute approximate surface area is 131 Å². The number of allylic oxidation sites excluding steroid dienone is 3. The van der Waals surface area contributed by atoms with E-state index >= 15 is 0 Å². The third-order valence-electron chi connectivity index (χ3n) is 4.40. The minimum atomic E-state index is 0.281. The van der Waals surface area contributed by atoms with Gasteiger partial charge in [0.05, 0.1) is 0 Å². The van der Waals surface area contributed by atoms with E-state index in [1.165, 1.54) is 22.3 Å². The number of phenolic OH excluding ortho intramolecular Hbond substituents is 2. The summed E-state index contributed by atoms with van der Waals surface area (Å²) in [4.78, 5) is 0. The molecule has 2 aromatic carbocycles. The lowest BCUT2D eigenvalue weighted by atomic mass is 9.75. The van der Waals surface area contributed by atoms with Crippen LogP contribution < -0.4 is 0 Å². The minimum absolute atomic E-state index is 0.281. The first-order valence-corrected chi connectivity index (χ1v) is 7.53. The van der Waals surface area contributed by atoms with Crippen molar-refractivity contribution in [2.75, 3.05) is 0 Å².